The summed E-state index contributed by atoms with van der Waals surface area (Å²) in [6.07, 6.45) is 3.56. The second-order valence-electron chi connectivity index (χ2n) is 4.68. The summed E-state index contributed by atoms with van der Waals surface area (Å²) >= 11 is 0. The Balaban J connectivity index is 1.77. The van der Waals surface area contributed by atoms with Crippen LogP contribution < -0.4 is 10.1 Å². The van der Waals surface area contributed by atoms with Gasteiger partial charge in [0.25, 0.3) is 5.91 Å². The molecule has 1 aromatic heterocycles. The smallest absolute Gasteiger partial charge is 0.255 e. The van der Waals surface area contributed by atoms with Crippen molar-refractivity contribution in [3.05, 3.63) is 72.6 Å². The summed E-state index contributed by atoms with van der Waals surface area (Å²) in [5.41, 5.74) is 2.18. The number of amides is 1. The van der Waals surface area contributed by atoms with Gasteiger partial charge in [0.05, 0.1) is 12.8 Å². The summed E-state index contributed by atoms with van der Waals surface area (Å²) < 4.78 is 6.82. The highest BCUT2D eigenvalue weighted by Gasteiger charge is 2.07. The molecule has 0 unspecified atom stereocenters. The van der Waals surface area contributed by atoms with Crippen LogP contribution in [0.2, 0.25) is 0 Å². The number of hydrogen-bond donors (Lipinski definition) is 1. The normalized spacial score (nSPS) is 10.2. The van der Waals surface area contributed by atoms with Crippen molar-refractivity contribution in [1.82, 2.24) is 9.78 Å². The first-order valence-electron chi connectivity index (χ1n) is 6.82. The van der Waals surface area contributed by atoms with Crippen LogP contribution in [0.25, 0.3) is 5.69 Å². The molecule has 110 valence electrons. The molecule has 22 heavy (non-hydrogen) atoms. The van der Waals surface area contributed by atoms with Crippen molar-refractivity contribution in [2.24, 2.45) is 0 Å². The van der Waals surface area contributed by atoms with E-state index in [1.165, 1.54) is 0 Å². The molecule has 0 aliphatic rings. The number of nitrogens with zero attached hydrogens (tertiary/aromatic N) is 2. The SMILES string of the molecule is COc1ccc(C(=O)Nc2cccc(-n3cccn3)c2)cc1. The van der Waals surface area contributed by atoms with Crippen molar-refractivity contribution < 1.29 is 9.53 Å². The number of rotatable bonds is 4. The van der Waals surface area contributed by atoms with E-state index in [1.54, 1.807) is 42.3 Å². The second-order valence-corrected chi connectivity index (χ2v) is 4.68. The van der Waals surface area contributed by atoms with Crippen molar-refractivity contribution in [2.45, 2.75) is 0 Å². The number of carbonyl (C=O) groups is 1. The zero-order valence-electron chi connectivity index (χ0n) is 12.1. The fourth-order valence-corrected chi connectivity index (χ4v) is 2.09. The quantitative estimate of drug-likeness (QED) is 0.804. The molecule has 0 fully saturated rings. The Morgan fingerprint density at radius 1 is 1.14 bits per heavy atom. The molecule has 3 aromatic rings. The molecule has 0 saturated carbocycles. The maximum Gasteiger partial charge on any atom is 0.255 e. The van der Waals surface area contributed by atoms with Gasteiger partial charge in [0.2, 0.25) is 0 Å². The number of anilines is 1. The van der Waals surface area contributed by atoms with Crippen LogP contribution in [0.15, 0.2) is 67.0 Å². The summed E-state index contributed by atoms with van der Waals surface area (Å²) in [6, 6.07) is 16.3. The lowest BCUT2D eigenvalue weighted by Gasteiger charge is -2.08. The molecule has 5 heteroatoms. The number of methoxy groups -OCH3 is 1. The number of ether oxygens (including phenoxy) is 1. The van der Waals surface area contributed by atoms with E-state index >= 15 is 0 Å². The first-order chi connectivity index (χ1) is 10.8. The molecule has 3 rings (SSSR count). The second kappa shape index (κ2) is 6.13. The van der Waals surface area contributed by atoms with Crippen LogP contribution in [0, 0.1) is 0 Å². The zero-order valence-corrected chi connectivity index (χ0v) is 12.1. The molecule has 2 aromatic carbocycles. The lowest BCUT2D eigenvalue weighted by Crippen LogP contribution is -2.12. The molecule has 5 nitrogen and oxygen atoms in total. The lowest BCUT2D eigenvalue weighted by atomic mass is 10.2. The summed E-state index contributed by atoms with van der Waals surface area (Å²) in [5, 5.41) is 7.05. The van der Waals surface area contributed by atoms with Crippen molar-refractivity contribution in [2.75, 3.05) is 12.4 Å². The molecule has 0 saturated heterocycles. The molecule has 0 aliphatic carbocycles. The average molecular weight is 293 g/mol. The Hall–Kier alpha value is -3.08. The van der Waals surface area contributed by atoms with Crippen LogP contribution in [-0.2, 0) is 0 Å². The Morgan fingerprint density at radius 3 is 2.64 bits per heavy atom. The molecule has 0 bridgehead atoms. The highest BCUT2D eigenvalue weighted by molar-refractivity contribution is 6.04. The van der Waals surface area contributed by atoms with E-state index in [-0.39, 0.29) is 5.91 Å². The van der Waals surface area contributed by atoms with Crippen LogP contribution in [0.3, 0.4) is 0 Å². The van der Waals surface area contributed by atoms with Gasteiger partial charge in [0, 0.05) is 23.6 Å². The third kappa shape index (κ3) is 2.98. The fraction of sp³-hybridized carbons (Fsp3) is 0.0588. The van der Waals surface area contributed by atoms with Gasteiger partial charge >= 0.3 is 0 Å². The molecular formula is C17H15N3O2. The maximum absolute atomic E-state index is 12.2. The van der Waals surface area contributed by atoms with E-state index < -0.39 is 0 Å². The van der Waals surface area contributed by atoms with Gasteiger partial charge in [-0.2, -0.15) is 5.10 Å². The van der Waals surface area contributed by atoms with Crippen LogP contribution in [0.1, 0.15) is 10.4 Å². The molecule has 1 N–H and O–H groups in total. The van der Waals surface area contributed by atoms with Gasteiger partial charge in [-0.3, -0.25) is 4.79 Å². The first kappa shape index (κ1) is 13.9. The molecule has 0 aliphatic heterocycles. The third-order valence-corrected chi connectivity index (χ3v) is 3.23. The number of nitrogens with one attached hydrogen (secondary N) is 1. The topological polar surface area (TPSA) is 56.1 Å². The highest BCUT2D eigenvalue weighted by atomic mass is 16.5. The Morgan fingerprint density at radius 2 is 1.95 bits per heavy atom. The minimum absolute atomic E-state index is 0.166. The van der Waals surface area contributed by atoms with E-state index in [4.69, 9.17) is 4.74 Å². The molecule has 1 heterocycles. The van der Waals surface area contributed by atoms with E-state index in [0.29, 0.717) is 11.3 Å². The van der Waals surface area contributed by atoms with Crippen molar-refractivity contribution >= 4 is 11.6 Å². The molecule has 0 radical (unpaired) electrons. The molecule has 0 atom stereocenters. The van der Waals surface area contributed by atoms with Crippen molar-refractivity contribution in [3.63, 3.8) is 0 Å². The Kier molecular flexibility index (Phi) is 3.87. The van der Waals surface area contributed by atoms with Gasteiger partial charge in [-0.05, 0) is 48.5 Å². The first-order valence-corrected chi connectivity index (χ1v) is 6.82. The maximum atomic E-state index is 12.2. The monoisotopic (exact) mass is 293 g/mol. The summed E-state index contributed by atoms with van der Waals surface area (Å²) in [6.45, 7) is 0. The molecule has 0 spiro atoms. The van der Waals surface area contributed by atoms with Crippen molar-refractivity contribution in [1.29, 1.82) is 0 Å². The van der Waals surface area contributed by atoms with Crippen LogP contribution >= 0.6 is 0 Å². The molecule has 1 amide bonds. The number of benzene rings is 2. The number of carbonyl (C=O) groups excluding carboxylic acids is 1. The van der Waals surface area contributed by atoms with Crippen LogP contribution in [0.5, 0.6) is 5.75 Å². The summed E-state index contributed by atoms with van der Waals surface area (Å²) in [4.78, 5) is 12.2. The number of aromatic nitrogens is 2. The van der Waals surface area contributed by atoms with Crippen molar-refractivity contribution in [3.8, 4) is 11.4 Å². The van der Waals surface area contributed by atoms with Gasteiger partial charge in [0.15, 0.2) is 0 Å². The van der Waals surface area contributed by atoms with Gasteiger partial charge < -0.3 is 10.1 Å². The van der Waals surface area contributed by atoms with E-state index in [9.17, 15) is 4.79 Å². The summed E-state index contributed by atoms with van der Waals surface area (Å²) in [7, 11) is 1.59. The minimum atomic E-state index is -0.166. The van der Waals surface area contributed by atoms with E-state index in [1.807, 2.05) is 36.5 Å². The molecular weight excluding hydrogens is 278 g/mol. The predicted molar refractivity (Wildman–Crippen MR) is 84.5 cm³/mol. The largest absolute Gasteiger partial charge is 0.497 e. The van der Waals surface area contributed by atoms with Gasteiger partial charge in [0.1, 0.15) is 5.75 Å². The minimum Gasteiger partial charge on any atom is -0.497 e. The summed E-state index contributed by atoms with van der Waals surface area (Å²) in [5.74, 6) is 0.553. The standard InChI is InChI=1S/C17H15N3O2/c1-22-16-8-6-13(7-9-16)17(21)19-14-4-2-5-15(12-14)20-11-3-10-18-20/h2-12H,1H3,(H,19,21). The lowest BCUT2D eigenvalue weighted by molar-refractivity contribution is 0.102. The van der Waals surface area contributed by atoms with E-state index in [2.05, 4.69) is 10.4 Å². The van der Waals surface area contributed by atoms with Crippen LogP contribution in [-0.4, -0.2) is 22.8 Å². The number of hydrogen-bond acceptors (Lipinski definition) is 3. The Labute approximate surface area is 128 Å². The van der Waals surface area contributed by atoms with E-state index in [0.717, 1.165) is 11.4 Å². The fourth-order valence-electron chi connectivity index (χ4n) is 2.09. The predicted octanol–water partition coefficient (Wildman–Crippen LogP) is 3.13. The Bertz CT molecular complexity index is 765. The average Bonchev–Trinajstić information content (AvgIpc) is 3.10. The van der Waals surface area contributed by atoms with Gasteiger partial charge in [-0.15, -0.1) is 0 Å². The van der Waals surface area contributed by atoms with Gasteiger partial charge in [-0.1, -0.05) is 6.07 Å². The van der Waals surface area contributed by atoms with Gasteiger partial charge in [-0.25, -0.2) is 4.68 Å². The zero-order chi connectivity index (χ0) is 15.4. The highest BCUT2D eigenvalue weighted by Crippen LogP contribution is 2.16. The van der Waals surface area contributed by atoms with Crippen LogP contribution in [0.4, 0.5) is 5.69 Å². The third-order valence-electron chi connectivity index (χ3n) is 3.23.